The zero-order valence-electron chi connectivity index (χ0n) is 12.2. The Morgan fingerprint density at radius 3 is 2.87 bits per heavy atom. The number of benzene rings is 2. The molecule has 5 nitrogen and oxygen atoms in total. The Morgan fingerprint density at radius 1 is 1.13 bits per heavy atom. The molecule has 0 spiro atoms. The van der Waals surface area contributed by atoms with Crippen molar-refractivity contribution in [3.05, 3.63) is 65.4 Å². The first-order valence-electron chi connectivity index (χ1n) is 7.06. The molecule has 1 amide bonds. The van der Waals surface area contributed by atoms with E-state index in [-0.39, 0.29) is 12.5 Å². The van der Waals surface area contributed by atoms with Crippen LogP contribution in [-0.4, -0.2) is 22.5 Å². The summed E-state index contributed by atoms with van der Waals surface area (Å²) in [4.78, 5) is 20.1. The van der Waals surface area contributed by atoms with Gasteiger partial charge in [0.2, 0.25) is 5.88 Å². The van der Waals surface area contributed by atoms with Crippen LogP contribution in [0.4, 0.5) is 0 Å². The summed E-state index contributed by atoms with van der Waals surface area (Å²) in [5.41, 5.74) is 1.70. The molecule has 0 radical (unpaired) electrons. The number of nitrogens with zero attached hydrogens (tertiary/aromatic N) is 2. The SMILES string of the molecule is O=C(COc1ncnc2ccccc12)NCc1cccc(Cl)c1. The molecule has 6 heteroatoms. The van der Waals surface area contributed by atoms with Crippen LogP contribution in [0.2, 0.25) is 5.02 Å². The van der Waals surface area contributed by atoms with Gasteiger partial charge in [0.1, 0.15) is 6.33 Å². The van der Waals surface area contributed by atoms with Gasteiger partial charge in [-0.05, 0) is 29.8 Å². The molecule has 0 bridgehead atoms. The minimum atomic E-state index is -0.229. The van der Waals surface area contributed by atoms with Crippen molar-refractivity contribution in [1.29, 1.82) is 0 Å². The lowest BCUT2D eigenvalue weighted by Crippen LogP contribution is -2.28. The lowest BCUT2D eigenvalue weighted by Gasteiger charge is -2.08. The number of fused-ring (bicyclic) bond motifs is 1. The Balaban J connectivity index is 1.58. The van der Waals surface area contributed by atoms with Gasteiger partial charge in [-0.3, -0.25) is 4.79 Å². The highest BCUT2D eigenvalue weighted by Crippen LogP contribution is 2.20. The summed E-state index contributed by atoms with van der Waals surface area (Å²) in [6, 6.07) is 14.8. The van der Waals surface area contributed by atoms with E-state index in [4.69, 9.17) is 16.3 Å². The lowest BCUT2D eigenvalue weighted by atomic mass is 10.2. The molecular formula is C17H14ClN3O2. The molecule has 1 heterocycles. The summed E-state index contributed by atoms with van der Waals surface area (Å²) in [6.07, 6.45) is 1.42. The molecule has 0 atom stereocenters. The van der Waals surface area contributed by atoms with Crippen molar-refractivity contribution in [3.63, 3.8) is 0 Å². The number of halogens is 1. The lowest BCUT2D eigenvalue weighted by molar-refractivity contribution is -0.123. The maximum Gasteiger partial charge on any atom is 0.258 e. The number of hydrogen-bond donors (Lipinski definition) is 1. The molecule has 3 rings (SSSR count). The fourth-order valence-corrected chi connectivity index (χ4v) is 2.34. The number of carbonyl (C=O) groups is 1. The van der Waals surface area contributed by atoms with Gasteiger partial charge >= 0.3 is 0 Å². The molecule has 23 heavy (non-hydrogen) atoms. The molecule has 0 aliphatic carbocycles. The Bertz CT molecular complexity index is 833. The molecule has 0 aliphatic rings. The summed E-state index contributed by atoms with van der Waals surface area (Å²) in [7, 11) is 0. The van der Waals surface area contributed by atoms with E-state index >= 15 is 0 Å². The molecular weight excluding hydrogens is 314 g/mol. The highest BCUT2D eigenvalue weighted by atomic mass is 35.5. The van der Waals surface area contributed by atoms with Crippen LogP contribution in [0.5, 0.6) is 5.88 Å². The summed E-state index contributed by atoms with van der Waals surface area (Å²) in [5, 5.41) is 4.19. The first kappa shape index (κ1) is 15.2. The molecule has 3 aromatic rings. The molecule has 0 saturated heterocycles. The first-order chi connectivity index (χ1) is 11.2. The molecule has 2 aromatic carbocycles. The van der Waals surface area contributed by atoms with Gasteiger partial charge in [-0.15, -0.1) is 0 Å². The number of amides is 1. The maximum absolute atomic E-state index is 11.9. The average Bonchev–Trinajstić information content (AvgIpc) is 2.58. The van der Waals surface area contributed by atoms with Crippen molar-refractivity contribution in [2.24, 2.45) is 0 Å². The van der Waals surface area contributed by atoms with Crippen LogP contribution in [0.3, 0.4) is 0 Å². The first-order valence-corrected chi connectivity index (χ1v) is 7.44. The summed E-state index contributed by atoms with van der Waals surface area (Å²) >= 11 is 5.91. The molecule has 0 saturated carbocycles. The number of para-hydroxylation sites is 1. The van der Waals surface area contributed by atoms with Crippen molar-refractivity contribution in [1.82, 2.24) is 15.3 Å². The van der Waals surface area contributed by atoms with Crippen molar-refractivity contribution < 1.29 is 9.53 Å². The molecule has 116 valence electrons. The molecule has 1 N–H and O–H groups in total. The minimum Gasteiger partial charge on any atom is -0.467 e. The third-order valence-electron chi connectivity index (χ3n) is 3.22. The summed E-state index contributed by atoms with van der Waals surface area (Å²) in [5.74, 6) is 0.168. The van der Waals surface area contributed by atoms with Crippen LogP contribution in [-0.2, 0) is 11.3 Å². The van der Waals surface area contributed by atoms with E-state index in [2.05, 4.69) is 15.3 Å². The smallest absolute Gasteiger partial charge is 0.258 e. The van der Waals surface area contributed by atoms with E-state index in [1.54, 1.807) is 12.1 Å². The zero-order chi connectivity index (χ0) is 16.1. The van der Waals surface area contributed by atoms with E-state index in [1.165, 1.54) is 6.33 Å². The summed E-state index contributed by atoms with van der Waals surface area (Å²) < 4.78 is 5.50. The second-order valence-corrected chi connectivity index (χ2v) is 5.33. The molecule has 0 fully saturated rings. The number of rotatable bonds is 5. The average molecular weight is 328 g/mol. The van der Waals surface area contributed by atoms with E-state index in [1.807, 2.05) is 36.4 Å². The van der Waals surface area contributed by atoms with E-state index in [0.717, 1.165) is 16.5 Å². The zero-order valence-corrected chi connectivity index (χ0v) is 13.0. The molecule has 0 unspecified atom stereocenters. The molecule has 1 aromatic heterocycles. The predicted octanol–water partition coefficient (Wildman–Crippen LogP) is 2.98. The fourth-order valence-electron chi connectivity index (χ4n) is 2.13. The van der Waals surface area contributed by atoms with Gasteiger partial charge in [0.05, 0.1) is 10.9 Å². The normalized spacial score (nSPS) is 10.5. The Hall–Kier alpha value is -2.66. The largest absolute Gasteiger partial charge is 0.467 e. The standard InChI is InChI=1S/C17H14ClN3O2/c18-13-5-3-4-12(8-13)9-19-16(22)10-23-17-14-6-1-2-7-15(14)20-11-21-17/h1-8,11H,9-10H2,(H,19,22). The number of aromatic nitrogens is 2. The number of hydrogen-bond acceptors (Lipinski definition) is 4. The monoisotopic (exact) mass is 327 g/mol. The topological polar surface area (TPSA) is 64.1 Å². The van der Waals surface area contributed by atoms with Crippen LogP contribution in [0.25, 0.3) is 10.9 Å². The van der Waals surface area contributed by atoms with E-state index in [0.29, 0.717) is 17.4 Å². The quantitative estimate of drug-likeness (QED) is 0.782. The van der Waals surface area contributed by atoms with Crippen LogP contribution in [0.15, 0.2) is 54.9 Å². The van der Waals surface area contributed by atoms with E-state index < -0.39 is 0 Å². The van der Waals surface area contributed by atoms with Gasteiger partial charge in [-0.1, -0.05) is 35.9 Å². The summed E-state index contributed by atoms with van der Waals surface area (Å²) in [6.45, 7) is 0.287. The minimum absolute atomic E-state index is 0.110. The van der Waals surface area contributed by atoms with Crippen molar-refractivity contribution >= 4 is 28.4 Å². The van der Waals surface area contributed by atoms with Gasteiger partial charge in [-0.2, -0.15) is 0 Å². The molecule has 0 aliphatic heterocycles. The van der Waals surface area contributed by atoms with Crippen LogP contribution < -0.4 is 10.1 Å². The number of carbonyl (C=O) groups excluding carboxylic acids is 1. The van der Waals surface area contributed by atoms with Crippen LogP contribution in [0, 0.1) is 0 Å². The van der Waals surface area contributed by atoms with Gasteiger partial charge < -0.3 is 10.1 Å². The van der Waals surface area contributed by atoms with Gasteiger partial charge in [0.15, 0.2) is 6.61 Å². The number of nitrogens with one attached hydrogen (secondary N) is 1. The third-order valence-corrected chi connectivity index (χ3v) is 3.46. The second-order valence-electron chi connectivity index (χ2n) is 4.89. The van der Waals surface area contributed by atoms with Gasteiger partial charge in [-0.25, -0.2) is 9.97 Å². The Labute approximate surface area is 138 Å². The Kier molecular flexibility index (Phi) is 4.68. The predicted molar refractivity (Wildman–Crippen MR) is 88.3 cm³/mol. The van der Waals surface area contributed by atoms with Crippen molar-refractivity contribution in [2.75, 3.05) is 6.61 Å². The van der Waals surface area contributed by atoms with E-state index in [9.17, 15) is 4.79 Å². The number of ether oxygens (including phenoxy) is 1. The van der Waals surface area contributed by atoms with Crippen molar-refractivity contribution in [3.8, 4) is 5.88 Å². The highest BCUT2D eigenvalue weighted by molar-refractivity contribution is 6.30. The Morgan fingerprint density at radius 2 is 2.00 bits per heavy atom. The van der Waals surface area contributed by atoms with Crippen molar-refractivity contribution in [2.45, 2.75) is 6.54 Å². The second kappa shape index (κ2) is 7.07. The fraction of sp³-hybridized carbons (Fsp3) is 0.118. The van der Waals surface area contributed by atoms with Crippen LogP contribution >= 0.6 is 11.6 Å². The van der Waals surface area contributed by atoms with Gasteiger partial charge in [0.25, 0.3) is 5.91 Å². The third kappa shape index (κ3) is 3.96. The highest BCUT2D eigenvalue weighted by Gasteiger charge is 2.07. The van der Waals surface area contributed by atoms with Crippen LogP contribution in [0.1, 0.15) is 5.56 Å². The van der Waals surface area contributed by atoms with Gasteiger partial charge in [0, 0.05) is 11.6 Å². The maximum atomic E-state index is 11.9.